The summed E-state index contributed by atoms with van der Waals surface area (Å²) in [4.78, 5) is 11.3. The van der Waals surface area contributed by atoms with Crippen molar-refractivity contribution in [1.82, 2.24) is 0 Å². The largest absolute Gasteiger partial charge is 0.463 e. The molecule has 4 aliphatic carbocycles. The molecule has 4 rings (SSSR count). The predicted molar refractivity (Wildman–Crippen MR) is 102 cm³/mol. The molecule has 8 unspecified atom stereocenters. The summed E-state index contributed by atoms with van der Waals surface area (Å²) in [5.41, 5.74) is -1.11. The summed E-state index contributed by atoms with van der Waals surface area (Å²) in [6.45, 7) is 5.44. The average molecular weight is 395 g/mol. The minimum atomic E-state index is -1.10. The standard InChI is InChI=1S/C22H34O6/c1-13(24)28-12-22(27)7-6-21-10-14(22)8-15(21)16(25)9-17-19(2,11-23)18(26)4-5-20(17,21)3/h8,14,16-18,23,25-27H,4-7,9-12H2,1-3H3. The van der Waals surface area contributed by atoms with Gasteiger partial charge in [-0.15, -0.1) is 0 Å². The number of fused-ring (bicyclic) bond motifs is 2. The molecule has 0 saturated heterocycles. The van der Waals surface area contributed by atoms with Crippen molar-refractivity contribution in [2.45, 2.75) is 77.1 Å². The lowest BCUT2D eigenvalue weighted by Crippen LogP contribution is -2.64. The lowest BCUT2D eigenvalue weighted by molar-refractivity contribution is -0.207. The molecule has 1 spiro atoms. The van der Waals surface area contributed by atoms with Gasteiger partial charge in [0.05, 0.1) is 18.8 Å². The number of aliphatic hydroxyl groups is 4. The zero-order valence-corrected chi connectivity index (χ0v) is 17.1. The fourth-order valence-corrected chi connectivity index (χ4v) is 7.39. The third-order valence-electron chi connectivity index (χ3n) is 9.22. The van der Waals surface area contributed by atoms with E-state index in [1.165, 1.54) is 6.92 Å². The van der Waals surface area contributed by atoms with Crippen molar-refractivity contribution in [3.05, 3.63) is 11.6 Å². The third-order valence-corrected chi connectivity index (χ3v) is 9.22. The smallest absolute Gasteiger partial charge is 0.302 e. The van der Waals surface area contributed by atoms with E-state index >= 15 is 0 Å². The van der Waals surface area contributed by atoms with Crippen LogP contribution in [0.25, 0.3) is 0 Å². The molecular formula is C22H34O6. The molecule has 4 N–H and O–H groups in total. The van der Waals surface area contributed by atoms with Crippen LogP contribution < -0.4 is 0 Å². The van der Waals surface area contributed by atoms with Crippen LogP contribution in [-0.2, 0) is 9.53 Å². The predicted octanol–water partition coefficient (Wildman–Crippen LogP) is 1.55. The fraction of sp³-hybridized carbons (Fsp3) is 0.864. The van der Waals surface area contributed by atoms with Crippen LogP contribution in [0.4, 0.5) is 0 Å². The molecule has 8 atom stereocenters. The van der Waals surface area contributed by atoms with Crippen LogP contribution in [-0.4, -0.2) is 57.4 Å². The highest BCUT2D eigenvalue weighted by Crippen LogP contribution is 2.73. The van der Waals surface area contributed by atoms with Crippen LogP contribution in [0.2, 0.25) is 0 Å². The van der Waals surface area contributed by atoms with Gasteiger partial charge in [0.25, 0.3) is 0 Å². The molecule has 6 nitrogen and oxygen atoms in total. The summed E-state index contributed by atoms with van der Waals surface area (Å²) in [5, 5.41) is 43.2. The van der Waals surface area contributed by atoms with Gasteiger partial charge in [0.1, 0.15) is 12.2 Å². The van der Waals surface area contributed by atoms with Crippen molar-refractivity contribution >= 4 is 5.97 Å². The molecule has 0 amide bonds. The molecule has 0 radical (unpaired) electrons. The Morgan fingerprint density at radius 1 is 1.25 bits per heavy atom. The van der Waals surface area contributed by atoms with E-state index in [0.29, 0.717) is 19.3 Å². The van der Waals surface area contributed by atoms with Crippen LogP contribution in [0.1, 0.15) is 59.3 Å². The van der Waals surface area contributed by atoms with Gasteiger partial charge < -0.3 is 25.2 Å². The second kappa shape index (κ2) is 6.27. The van der Waals surface area contributed by atoms with Crippen LogP contribution in [0.5, 0.6) is 0 Å². The zero-order chi connectivity index (χ0) is 20.5. The van der Waals surface area contributed by atoms with Crippen LogP contribution in [0.3, 0.4) is 0 Å². The maximum Gasteiger partial charge on any atom is 0.302 e. The van der Waals surface area contributed by atoms with E-state index in [4.69, 9.17) is 4.74 Å². The molecule has 0 heterocycles. The summed E-state index contributed by atoms with van der Waals surface area (Å²) in [6.07, 6.45) is 4.79. The molecule has 158 valence electrons. The Balaban J connectivity index is 1.72. The number of carbonyl (C=O) groups excluding carboxylic acids is 1. The van der Waals surface area contributed by atoms with Gasteiger partial charge in [-0.25, -0.2) is 0 Å². The second-order valence-corrected chi connectivity index (χ2v) is 10.3. The quantitative estimate of drug-likeness (QED) is 0.427. The fourth-order valence-electron chi connectivity index (χ4n) is 7.39. The number of esters is 1. The Bertz CT molecular complexity index is 705. The van der Waals surface area contributed by atoms with Gasteiger partial charge in [0, 0.05) is 23.7 Å². The van der Waals surface area contributed by atoms with E-state index < -0.39 is 29.2 Å². The minimum Gasteiger partial charge on any atom is -0.463 e. The van der Waals surface area contributed by atoms with Crippen molar-refractivity contribution in [1.29, 1.82) is 0 Å². The van der Waals surface area contributed by atoms with Gasteiger partial charge in [-0.1, -0.05) is 19.9 Å². The molecule has 2 bridgehead atoms. The van der Waals surface area contributed by atoms with Crippen molar-refractivity contribution in [3.8, 4) is 0 Å². The van der Waals surface area contributed by atoms with Crippen molar-refractivity contribution < 1.29 is 30.0 Å². The Morgan fingerprint density at radius 3 is 2.61 bits per heavy atom. The highest BCUT2D eigenvalue weighted by atomic mass is 16.5. The van der Waals surface area contributed by atoms with Gasteiger partial charge in [-0.2, -0.15) is 0 Å². The molecule has 4 aliphatic rings. The number of carbonyl (C=O) groups is 1. The van der Waals surface area contributed by atoms with Gasteiger partial charge in [0.15, 0.2) is 0 Å². The van der Waals surface area contributed by atoms with Gasteiger partial charge >= 0.3 is 5.97 Å². The van der Waals surface area contributed by atoms with Crippen molar-refractivity contribution in [2.75, 3.05) is 13.2 Å². The first-order chi connectivity index (χ1) is 13.0. The maximum atomic E-state index is 11.3. The van der Waals surface area contributed by atoms with Gasteiger partial charge in [-0.05, 0) is 55.4 Å². The topological polar surface area (TPSA) is 107 Å². The molecular weight excluding hydrogens is 360 g/mol. The molecule has 3 saturated carbocycles. The summed E-state index contributed by atoms with van der Waals surface area (Å²) >= 11 is 0. The van der Waals surface area contributed by atoms with E-state index in [0.717, 1.165) is 24.8 Å². The highest BCUT2D eigenvalue weighted by molar-refractivity contribution is 5.66. The number of hydrogen-bond donors (Lipinski definition) is 4. The lowest BCUT2D eigenvalue weighted by atomic mass is 9.39. The summed E-state index contributed by atoms with van der Waals surface area (Å²) in [5.74, 6) is -0.559. The third kappa shape index (κ3) is 2.44. The van der Waals surface area contributed by atoms with Gasteiger partial charge in [-0.3, -0.25) is 4.79 Å². The SMILES string of the molecule is CC(=O)OCC1(O)CCC23CC1C=C2C(O)CC1C(C)(CO)C(O)CCC13C. The molecule has 3 fully saturated rings. The average Bonchev–Trinajstić information content (AvgIpc) is 3.02. The maximum absolute atomic E-state index is 11.3. The van der Waals surface area contributed by atoms with Gasteiger partial charge in [0.2, 0.25) is 0 Å². The number of rotatable bonds is 3. The van der Waals surface area contributed by atoms with Crippen LogP contribution in [0, 0.1) is 28.1 Å². The molecule has 0 aromatic rings. The molecule has 0 aliphatic heterocycles. The summed E-state index contributed by atoms with van der Waals surface area (Å²) < 4.78 is 5.16. The number of ether oxygens (including phenoxy) is 1. The van der Waals surface area contributed by atoms with E-state index in [-0.39, 0.29) is 35.9 Å². The molecule has 0 aromatic heterocycles. The highest BCUT2D eigenvalue weighted by Gasteiger charge is 2.69. The molecule has 28 heavy (non-hydrogen) atoms. The molecule has 6 heteroatoms. The Labute approximate surface area is 166 Å². The first-order valence-electron chi connectivity index (χ1n) is 10.6. The first kappa shape index (κ1) is 20.3. The van der Waals surface area contributed by atoms with Crippen LogP contribution in [0.15, 0.2) is 11.6 Å². The van der Waals surface area contributed by atoms with Crippen molar-refractivity contribution in [3.63, 3.8) is 0 Å². The van der Waals surface area contributed by atoms with Crippen molar-refractivity contribution in [2.24, 2.45) is 28.1 Å². The first-order valence-corrected chi connectivity index (χ1v) is 10.6. The number of aliphatic hydroxyl groups excluding tert-OH is 3. The Hall–Kier alpha value is -0.950. The summed E-state index contributed by atoms with van der Waals surface area (Å²) in [7, 11) is 0. The monoisotopic (exact) mass is 394 g/mol. The molecule has 0 aromatic carbocycles. The van der Waals surface area contributed by atoms with E-state index in [9.17, 15) is 25.2 Å². The zero-order valence-electron chi connectivity index (χ0n) is 17.1. The second-order valence-electron chi connectivity index (χ2n) is 10.3. The Morgan fingerprint density at radius 2 is 1.96 bits per heavy atom. The van der Waals surface area contributed by atoms with E-state index in [1.807, 2.05) is 13.0 Å². The normalized spacial score (nSPS) is 52.5. The lowest BCUT2D eigenvalue weighted by Gasteiger charge is -2.66. The number of hydrogen-bond acceptors (Lipinski definition) is 6. The minimum absolute atomic E-state index is 0.000637. The van der Waals surface area contributed by atoms with E-state index in [2.05, 4.69) is 6.92 Å². The Kier molecular flexibility index (Phi) is 4.55. The summed E-state index contributed by atoms with van der Waals surface area (Å²) in [6, 6.07) is 0. The van der Waals surface area contributed by atoms with E-state index in [1.54, 1.807) is 0 Å². The van der Waals surface area contributed by atoms with Crippen LogP contribution >= 0.6 is 0 Å².